The molecule has 0 heterocycles. The van der Waals surface area contributed by atoms with Gasteiger partial charge < -0.3 is 0 Å². The maximum atomic E-state index is 11.5. The summed E-state index contributed by atoms with van der Waals surface area (Å²) in [5, 5.41) is 0. The minimum absolute atomic E-state index is 0.219. The van der Waals surface area contributed by atoms with Crippen LogP contribution in [0.25, 0.3) is 0 Å². The molecule has 1 aromatic rings. The van der Waals surface area contributed by atoms with Gasteiger partial charge in [-0.1, -0.05) is 43.7 Å². The molecule has 1 rings (SSSR count). The van der Waals surface area contributed by atoms with Crippen molar-refractivity contribution in [2.45, 2.75) is 26.3 Å². The van der Waals surface area contributed by atoms with E-state index in [0.29, 0.717) is 13.0 Å². The third-order valence-corrected chi connectivity index (χ3v) is 3.52. The van der Waals surface area contributed by atoms with Gasteiger partial charge >= 0.3 is 0 Å². The molecule has 1 N–H and O–H groups in total. The smallest absolute Gasteiger partial charge is 0.211 e. The van der Waals surface area contributed by atoms with E-state index in [4.69, 9.17) is 0 Å². The summed E-state index contributed by atoms with van der Waals surface area (Å²) in [6, 6.07) is 9.52. The first-order chi connectivity index (χ1) is 7.14. The molecule has 0 atom stereocenters. The number of sulfonamides is 1. The van der Waals surface area contributed by atoms with Gasteiger partial charge in [-0.15, -0.1) is 0 Å². The van der Waals surface area contributed by atoms with Gasteiger partial charge in [0.2, 0.25) is 10.0 Å². The third-order valence-electron chi connectivity index (χ3n) is 2.11. The van der Waals surface area contributed by atoms with E-state index in [0.717, 1.165) is 12.0 Å². The molecule has 0 aliphatic rings. The lowest BCUT2D eigenvalue weighted by molar-refractivity contribution is 0.578. The third kappa shape index (κ3) is 4.95. The predicted molar refractivity (Wildman–Crippen MR) is 62.0 cm³/mol. The first-order valence-electron chi connectivity index (χ1n) is 5.15. The first kappa shape index (κ1) is 12.2. The molecule has 0 saturated carbocycles. The highest BCUT2D eigenvalue weighted by atomic mass is 32.2. The van der Waals surface area contributed by atoms with Crippen LogP contribution in [0.2, 0.25) is 0 Å². The summed E-state index contributed by atoms with van der Waals surface area (Å²) in [4.78, 5) is 0. The van der Waals surface area contributed by atoms with Crippen molar-refractivity contribution >= 4 is 10.0 Å². The molecule has 0 unspecified atom stereocenters. The summed E-state index contributed by atoms with van der Waals surface area (Å²) in [5.74, 6) is 0.219. The lowest BCUT2D eigenvalue weighted by Gasteiger charge is -2.05. The molecule has 1 aromatic carbocycles. The fourth-order valence-corrected chi connectivity index (χ4v) is 2.40. The lowest BCUT2D eigenvalue weighted by atomic mass is 10.2. The number of unbranched alkanes of at least 4 members (excludes halogenated alkanes) is 1. The monoisotopic (exact) mass is 227 g/mol. The Morgan fingerprint density at radius 3 is 2.47 bits per heavy atom. The van der Waals surface area contributed by atoms with Gasteiger partial charge in [0.05, 0.1) is 5.75 Å². The van der Waals surface area contributed by atoms with Crippen LogP contribution in [0.4, 0.5) is 0 Å². The van der Waals surface area contributed by atoms with Crippen molar-refractivity contribution in [2.24, 2.45) is 0 Å². The summed E-state index contributed by atoms with van der Waals surface area (Å²) in [7, 11) is -3.09. The average Bonchev–Trinajstić information content (AvgIpc) is 2.25. The van der Waals surface area contributed by atoms with Crippen LogP contribution in [0.1, 0.15) is 25.3 Å². The minimum atomic E-state index is -3.09. The van der Waals surface area contributed by atoms with Crippen molar-refractivity contribution in [1.29, 1.82) is 0 Å². The molecule has 0 aromatic heterocycles. The Labute approximate surface area is 91.6 Å². The van der Waals surface area contributed by atoms with Crippen LogP contribution in [0.15, 0.2) is 30.3 Å². The van der Waals surface area contributed by atoms with Gasteiger partial charge in [-0.2, -0.15) is 0 Å². The van der Waals surface area contributed by atoms with E-state index in [1.807, 2.05) is 37.3 Å². The van der Waals surface area contributed by atoms with Crippen LogP contribution < -0.4 is 4.72 Å². The Balaban J connectivity index is 2.43. The zero-order chi connectivity index (χ0) is 11.1. The number of nitrogens with one attached hydrogen (secondary N) is 1. The summed E-state index contributed by atoms with van der Waals surface area (Å²) in [5.41, 5.74) is 0.984. The van der Waals surface area contributed by atoms with Gasteiger partial charge in [-0.3, -0.25) is 0 Å². The molecule has 0 radical (unpaired) electrons. The van der Waals surface area contributed by atoms with Crippen molar-refractivity contribution in [1.82, 2.24) is 4.72 Å². The largest absolute Gasteiger partial charge is 0.212 e. The topological polar surface area (TPSA) is 46.2 Å². The van der Waals surface area contributed by atoms with Crippen molar-refractivity contribution in [3.8, 4) is 0 Å². The van der Waals surface area contributed by atoms with E-state index >= 15 is 0 Å². The molecule has 84 valence electrons. The molecule has 15 heavy (non-hydrogen) atoms. The van der Waals surface area contributed by atoms with E-state index in [-0.39, 0.29) is 5.75 Å². The summed E-state index contributed by atoms with van der Waals surface area (Å²) >= 11 is 0. The summed E-state index contributed by atoms with van der Waals surface area (Å²) < 4.78 is 25.5. The average molecular weight is 227 g/mol. The van der Waals surface area contributed by atoms with Crippen molar-refractivity contribution in [3.05, 3.63) is 35.9 Å². The van der Waals surface area contributed by atoms with Crippen molar-refractivity contribution in [3.63, 3.8) is 0 Å². The zero-order valence-electron chi connectivity index (χ0n) is 8.94. The summed E-state index contributed by atoms with van der Waals surface area (Å²) in [6.45, 7) is 2.36. The normalized spacial score (nSPS) is 11.5. The van der Waals surface area contributed by atoms with Crippen LogP contribution >= 0.6 is 0 Å². The fourth-order valence-electron chi connectivity index (χ4n) is 1.20. The molecule has 0 fully saturated rings. The molecule has 0 saturated heterocycles. The highest BCUT2D eigenvalue weighted by Gasteiger charge is 2.08. The van der Waals surface area contributed by atoms with Gasteiger partial charge in [0.25, 0.3) is 0 Å². The van der Waals surface area contributed by atoms with Crippen molar-refractivity contribution < 1.29 is 8.42 Å². The molecule has 3 nitrogen and oxygen atoms in total. The highest BCUT2D eigenvalue weighted by Crippen LogP contribution is 2.00. The number of benzene rings is 1. The van der Waals surface area contributed by atoms with Crippen LogP contribution in [0.3, 0.4) is 0 Å². The van der Waals surface area contributed by atoms with Crippen LogP contribution in [-0.4, -0.2) is 14.2 Å². The van der Waals surface area contributed by atoms with E-state index < -0.39 is 10.0 Å². The second-order valence-electron chi connectivity index (χ2n) is 3.48. The SMILES string of the molecule is CCCCS(=O)(=O)NCc1ccccc1. The van der Waals surface area contributed by atoms with Gasteiger partial charge in [0.15, 0.2) is 0 Å². The van der Waals surface area contributed by atoms with E-state index in [9.17, 15) is 8.42 Å². The van der Waals surface area contributed by atoms with E-state index in [1.54, 1.807) is 0 Å². The Bertz CT molecular complexity index is 373. The Kier molecular flexibility index (Phi) is 4.78. The Morgan fingerprint density at radius 2 is 1.87 bits per heavy atom. The predicted octanol–water partition coefficient (Wildman–Crippen LogP) is 1.91. The van der Waals surface area contributed by atoms with Crippen molar-refractivity contribution in [2.75, 3.05) is 5.75 Å². The van der Waals surface area contributed by atoms with Gasteiger partial charge in [0.1, 0.15) is 0 Å². The number of hydrogen-bond donors (Lipinski definition) is 1. The molecule has 0 bridgehead atoms. The molecule has 0 spiro atoms. The molecular formula is C11H17NO2S. The summed E-state index contributed by atoms with van der Waals surface area (Å²) in [6.07, 6.45) is 1.61. The van der Waals surface area contributed by atoms with E-state index in [2.05, 4.69) is 4.72 Å². The maximum Gasteiger partial charge on any atom is 0.211 e. The molecule has 0 aliphatic carbocycles. The highest BCUT2D eigenvalue weighted by molar-refractivity contribution is 7.89. The van der Waals surface area contributed by atoms with Crippen LogP contribution in [-0.2, 0) is 16.6 Å². The second-order valence-corrected chi connectivity index (χ2v) is 5.41. The Morgan fingerprint density at radius 1 is 1.20 bits per heavy atom. The maximum absolute atomic E-state index is 11.5. The van der Waals surface area contributed by atoms with Crippen LogP contribution in [0, 0.1) is 0 Å². The minimum Gasteiger partial charge on any atom is -0.212 e. The lowest BCUT2D eigenvalue weighted by Crippen LogP contribution is -2.25. The number of rotatable bonds is 6. The quantitative estimate of drug-likeness (QED) is 0.807. The van der Waals surface area contributed by atoms with Crippen LogP contribution in [0.5, 0.6) is 0 Å². The van der Waals surface area contributed by atoms with Gasteiger partial charge in [-0.05, 0) is 12.0 Å². The molecular weight excluding hydrogens is 210 g/mol. The zero-order valence-corrected chi connectivity index (χ0v) is 9.76. The molecule has 0 aliphatic heterocycles. The second kappa shape index (κ2) is 5.88. The van der Waals surface area contributed by atoms with Gasteiger partial charge in [-0.25, -0.2) is 13.1 Å². The molecule has 0 amide bonds. The fraction of sp³-hybridized carbons (Fsp3) is 0.455. The van der Waals surface area contributed by atoms with E-state index in [1.165, 1.54) is 0 Å². The van der Waals surface area contributed by atoms with Gasteiger partial charge in [0, 0.05) is 6.54 Å². The number of hydrogen-bond acceptors (Lipinski definition) is 2. The first-order valence-corrected chi connectivity index (χ1v) is 6.80. The standard InChI is InChI=1S/C11H17NO2S/c1-2-3-9-15(13,14)12-10-11-7-5-4-6-8-11/h4-8,12H,2-3,9-10H2,1H3. The Hall–Kier alpha value is -0.870. The molecule has 4 heteroatoms.